The van der Waals surface area contributed by atoms with Crippen LogP contribution >= 0.6 is 11.6 Å². The molecule has 0 unspecified atom stereocenters. The van der Waals surface area contributed by atoms with Gasteiger partial charge in [0.25, 0.3) is 11.5 Å². The summed E-state index contributed by atoms with van der Waals surface area (Å²) in [5, 5.41) is 12.9. The minimum atomic E-state index is -0.598. The van der Waals surface area contributed by atoms with Crippen molar-refractivity contribution in [1.29, 1.82) is 5.26 Å². The summed E-state index contributed by atoms with van der Waals surface area (Å²) in [6.07, 6.45) is 4.47. The standard InChI is InChI=1S/C24H21ClN4O4/c1-15-11-17(7-8-20(15)25)33-23-19(24(31)29-9-3-2-6-21(29)28-23)12-16(13-26)22(30)27-14-18-5-4-10-32-18/h2-3,6-9,11-12,18H,4-5,10,14H2,1H3,(H,27,30)/b16-12+/t18-/m1/s1. The van der Waals surface area contributed by atoms with Gasteiger partial charge in [0.15, 0.2) is 0 Å². The van der Waals surface area contributed by atoms with E-state index in [0.29, 0.717) is 29.6 Å². The molecule has 8 nitrogen and oxygen atoms in total. The topological polar surface area (TPSA) is 106 Å². The number of benzene rings is 1. The highest BCUT2D eigenvalue weighted by molar-refractivity contribution is 6.31. The molecule has 0 saturated carbocycles. The predicted molar refractivity (Wildman–Crippen MR) is 123 cm³/mol. The summed E-state index contributed by atoms with van der Waals surface area (Å²) < 4.78 is 12.7. The summed E-state index contributed by atoms with van der Waals surface area (Å²) in [6, 6.07) is 12.0. The number of amides is 1. The van der Waals surface area contributed by atoms with Crippen molar-refractivity contribution in [2.75, 3.05) is 13.2 Å². The minimum absolute atomic E-state index is 0.0184. The molecule has 0 bridgehead atoms. The van der Waals surface area contributed by atoms with E-state index >= 15 is 0 Å². The van der Waals surface area contributed by atoms with E-state index in [0.717, 1.165) is 18.4 Å². The monoisotopic (exact) mass is 464 g/mol. The Morgan fingerprint density at radius 2 is 2.27 bits per heavy atom. The molecule has 1 fully saturated rings. The first-order valence-corrected chi connectivity index (χ1v) is 10.8. The van der Waals surface area contributed by atoms with E-state index in [4.69, 9.17) is 21.1 Å². The second kappa shape index (κ2) is 9.86. The number of aryl methyl sites for hydroxylation is 1. The summed E-state index contributed by atoms with van der Waals surface area (Å²) in [6.45, 7) is 2.77. The van der Waals surface area contributed by atoms with Crippen LogP contribution in [0.5, 0.6) is 11.6 Å². The molecule has 3 aromatic rings. The fourth-order valence-corrected chi connectivity index (χ4v) is 3.59. The Bertz CT molecular complexity index is 1340. The highest BCUT2D eigenvalue weighted by Crippen LogP contribution is 2.27. The molecular weight excluding hydrogens is 444 g/mol. The Morgan fingerprint density at radius 3 is 3.00 bits per heavy atom. The van der Waals surface area contributed by atoms with Crippen LogP contribution < -0.4 is 15.6 Å². The molecule has 3 heterocycles. The van der Waals surface area contributed by atoms with Crippen molar-refractivity contribution in [2.45, 2.75) is 25.9 Å². The third kappa shape index (κ3) is 5.06. The van der Waals surface area contributed by atoms with Gasteiger partial charge in [0.05, 0.1) is 6.10 Å². The smallest absolute Gasteiger partial charge is 0.269 e. The number of pyridine rings is 1. The maximum Gasteiger partial charge on any atom is 0.269 e. The zero-order chi connectivity index (χ0) is 23.4. The summed E-state index contributed by atoms with van der Waals surface area (Å²) in [5.41, 5.74) is 0.424. The lowest BCUT2D eigenvalue weighted by molar-refractivity contribution is -0.117. The van der Waals surface area contributed by atoms with Crippen LogP contribution in [0.3, 0.4) is 0 Å². The largest absolute Gasteiger partial charge is 0.438 e. The number of hydrogen-bond donors (Lipinski definition) is 1. The number of ether oxygens (including phenoxy) is 2. The predicted octanol–water partition coefficient (Wildman–Crippen LogP) is 3.65. The molecule has 9 heteroatoms. The van der Waals surface area contributed by atoms with Crippen molar-refractivity contribution < 1.29 is 14.3 Å². The Kier molecular flexibility index (Phi) is 6.73. The van der Waals surface area contributed by atoms with Crippen LogP contribution in [0.4, 0.5) is 0 Å². The highest BCUT2D eigenvalue weighted by Gasteiger charge is 2.20. The number of fused-ring (bicyclic) bond motifs is 1. The Labute approximate surface area is 195 Å². The highest BCUT2D eigenvalue weighted by atomic mass is 35.5. The van der Waals surface area contributed by atoms with Crippen LogP contribution in [0.2, 0.25) is 5.02 Å². The second-order valence-corrected chi connectivity index (χ2v) is 8.00. The summed E-state index contributed by atoms with van der Waals surface area (Å²) >= 11 is 6.09. The first-order chi connectivity index (χ1) is 16.0. The number of rotatable bonds is 6. The van der Waals surface area contributed by atoms with Crippen molar-refractivity contribution in [3.8, 4) is 17.7 Å². The van der Waals surface area contributed by atoms with Gasteiger partial charge in [-0.3, -0.25) is 14.0 Å². The zero-order valence-electron chi connectivity index (χ0n) is 17.9. The quantitative estimate of drug-likeness (QED) is 0.441. The minimum Gasteiger partial charge on any atom is -0.438 e. The molecule has 1 aromatic carbocycles. The molecule has 1 saturated heterocycles. The average molecular weight is 465 g/mol. The third-order valence-electron chi connectivity index (χ3n) is 5.25. The van der Waals surface area contributed by atoms with Crippen LogP contribution in [-0.2, 0) is 9.53 Å². The van der Waals surface area contributed by atoms with Crippen molar-refractivity contribution in [1.82, 2.24) is 14.7 Å². The second-order valence-electron chi connectivity index (χ2n) is 7.59. The van der Waals surface area contributed by atoms with E-state index in [1.54, 1.807) is 42.6 Å². The molecule has 1 atom stereocenters. The van der Waals surface area contributed by atoms with Gasteiger partial charge in [0, 0.05) is 24.4 Å². The third-order valence-corrected chi connectivity index (χ3v) is 5.67. The van der Waals surface area contributed by atoms with Crippen LogP contribution in [0, 0.1) is 18.3 Å². The van der Waals surface area contributed by atoms with Crippen LogP contribution in [0.25, 0.3) is 11.7 Å². The van der Waals surface area contributed by atoms with Crippen molar-refractivity contribution >= 4 is 29.2 Å². The van der Waals surface area contributed by atoms with Gasteiger partial charge in [-0.15, -0.1) is 0 Å². The van der Waals surface area contributed by atoms with Gasteiger partial charge < -0.3 is 14.8 Å². The van der Waals surface area contributed by atoms with E-state index in [1.807, 2.05) is 13.0 Å². The lowest BCUT2D eigenvalue weighted by Gasteiger charge is -2.12. The average Bonchev–Trinajstić information content (AvgIpc) is 3.34. The van der Waals surface area contributed by atoms with E-state index < -0.39 is 11.5 Å². The Hall–Kier alpha value is -3.67. The Morgan fingerprint density at radius 1 is 1.42 bits per heavy atom. The van der Waals surface area contributed by atoms with Gasteiger partial charge in [0.2, 0.25) is 5.88 Å². The van der Waals surface area contributed by atoms with E-state index in [9.17, 15) is 14.9 Å². The van der Waals surface area contributed by atoms with Gasteiger partial charge >= 0.3 is 0 Å². The molecule has 0 aliphatic carbocycles. The van der Waals surface area contributed by atoms with Gasteiger partial charge in [-0.1, -0.05) is 17.7 Å². The number of nitrogens with zero attached hydrogens (tertiary/aromatic N) is 3. The molecule has 168 valence electrons. The zero-order valence-corrected chi connectivity index (χ0v) is 18.6. The van der Waals surface area contributed by atoms with Crippen molar-refractivity contribution in [3.63, 3.8) is 0 Å². The first kappa shape index (κ1) is 22.5. The Balaban J connectivity index is 1.73. The molecule has 1 aliphatic rings. The number of halogens is 1. The normalized spacial score (nSPS) is 15.9. The molecule has 0 radical (unpaired) electrons. The van der Waals surface area contributed by atoms with Crippen molar-refractivity contribution in [2.24, 2.45) is 0 Å². The molecule has 1 aliphatic heterocycles. The van der Waals surface area contributed by atoms with Crippen LogP contribution in [-0.4, -0.2) is 34.5 Å². The number of carbonyl (C=O) groups excluding carboxylic acids is 1. The number of nitriles is 1. The first-order valence-electron chi connectivity index (χ1n) is 10.4. The molecule has 4 rings (SSSR count). The number of nitrogens with one attached hydrogen (secondary N) is 1. The van der Waals surface area contributed by atoms with Gasteiger partial charge in [-0.25, -0.2) is 0 Å². The van der Waals surface area contributed by atoms with Crippen LogP contribution in [0.15, 0.2) is 53.0 Å². The van der Waals surface area contributed by atoms with Gasteiger partial charge in [-0.2, -0.15) is 10.2 Å². The summed E-state index contributed by atoms with van der Waals surface area (Å²) in [5.74, 6) is -0.202. The molecule has 33 heavy (non-hydrogen) atoms. The maximum atomic E-state index is 13.2. The van der Waals surface area contributed by atoms with Gasteiger partial charge in [0.1, 0.15) is 28.6 Å². The number of hydrogen-bond acceptors (Lipinski definition) is 6. The fourth-order valence-electron chi connectivity index (χ4n) is 3.48. The molecule has 1 amide bonds. The van der Waals surface area contributed by atoms with Crippen molar-refractivity contribution in [3.05, 3.63) is 74.7 Å². The maximum absolute atomic E-state index is 13.2. The van der Waals surface area contributed by atoms with Crippen LogP contribution in [0.1, 0.15) is 24.0 Å². The number of aromatic nitrogens is 2. The van der Waals surface area contributed by atoms with E-state index in [1.165, 1.54) is 10.5 Å². The lowest BCUT2D eigenvalue weighted by Crippen LogP contribution is -2.32. The molecule has 0 spiro atoms. The molecule has 1 N–H and O–H groups in total. The summed E-state index contributed by atoms with van der Waals surface area (Å²) in [4.78, 5) is 30.3. The lowest BCUT2D eigenvalue weighted by atomic mass is 10.1. The SMILES string of the molecule is Cc1cc(Oc2nc3ccccn3c(=O)c2/C=C(\C#N)C(=O)NC[C@H]2CCCO2)ccc1Cl. The summed E-state index contributed by atoms with van der Waals surface area (Å²) in [7, 11) is 0. The molecular formula is C24H21ClN4O4. The van der Waals surface area contributed by atoms with E-state index in [2.05, 4.69) is 10.3 Å². The van der Waals surface area contributed by atoms with E-state index in [-0.39, 0.29) is 23.1 Å². The molecule has 2 aromatic heterocycles. The number of carbonyl (C=O) groups is 1. The fraction of sp³-hybridized carbons (Fsp3) is 0.250. The van der Waals surface area contributed by atoms with Gasteiger partial charge in [-0.05, 0) is 61.7 Å².